The van der Waals surface area contributed by atoms with Gasteiger partial charge in [-0.3, -0.25) is 0 Å². The summed E-state index contributed by atoms with van der Waals surface area (Å²) in [4.78, 5) is 0.240. The molecule has 1 aliphatic rings. The molecule has 19 heavy (non-hydrogen) atoms. The first-order chi connectivity index (χ1) is 8.54. The van der Waals surface area contributed by atoms with Crippen LogP contribution in [0.1, 0.15) is 0 Å². The van der Waals surface area contributed by atoms with E-state index in [1.165, 1.54) is 16.4 Å². The van der Waals surface area contributed by atoms with Crippen molar-refractivity contribution in [1.29, 1.82) is 0 Å². The van der Waals surface area contributed by atoms with Crippen LogP contribution in [0.4, 0.5) is 0 Å². The standard InChI is InChI=1S/C11H15ClN2O3S.ClH/c12-9-1-3-11(4-2-9)18(15,16)14-5-6-17-10(7-13)8-14;/h1-4,10H,5-8,13H2;1H. The van der Waals surface area contributed by atoms with Crippen molar-refractivity contribution in [2.75, 3.05) is 26.2 Å². The van der Waals surface area contributed by atoms with E-state index < -0.39 is 10.0 Å². The Labute approximate surface area is 124 Å². The molecule has 5 nitrogen and oxygen atoms in total. The van der Waals surface area contributed by atoms with Crippen molar-refractivity contribution in [3.63, 3.8) is 0 Å². The Kier molecular flexibility index (Phi) is 6.04. The third-order valence-electron chi connectivity index (χ3n) is 2.82. The molecule has 0 saturated carbocycles. The number of ether oxygens (including phenoxy) is 1. The van der Waals surface area contributed by atoms with Crippen LogP contribution in [0.2, 0.25) is 5.02 Å². The summed E-state index contributed by atoms with van der Waals surface area (Å²) in [6, 6.07) is 6.14. The average Bonchev–Trinajstić information content (AvgIpc) is 2.39. The second-order valence-electron chi connectivity index (χ2n) is 4.05. The number of halogens is 2. The molecule has 1 heterocycles. The van der Waals surface area contributed by atoms with Crippen LogP contribution in [0.3, 0.4) is 0 Å². The van der Waals surface area contributed by atoms with E-state index in [1.54, 1.807) is 12.1 Å². The van der Waals surface area contributed by atoms with E-state index in [1.807, 2.05) is 0 Å². The first kappa shape index (κ1) is 16.7. The lowest BCUT2D eigenvalue weighted by Crippen LogP contribution is -2.48. The molecule has 0 bridgehead atoms. The fraction of sp³-hybridized carbons (Fsp3) is 0.455. The predicted octanol–water partition coefficient (Wildman–Crippen LogP) is 1.11. The topological polar surface area (TPSA) is 72.6 Å². The molecule has 2 rings (SSSR count). The first-order valence-electron chi connectivity index (χ1n) is 5.61. The maximum atomic E-state index is 12.3. The number of hydrogen-bond donors (Lipinski definition) is 1. The van der Waals surface area contributed by atoms with E-state index in [9.17, 15) is 8.42 Å². The van der Waals surface area contributed by atoms with E-state index in [0.29, 0.717) is 31.3 Å². The lowest BCUT2D eigenvalue weighted by molar-refractivity contribution is 0.00450. The van der Waals surface area contributed by atoms with Crippen molar-refractivity contribution in [3.05, 3.63) is 29.3 Å². The van der Waals surface area contributed by atoms with Gasteiger partial charge >= 0.3 is 0 Å². The summed E-state index contributed by atoms with van der Waals surface area (Å²) in [5, 5.41) is 0.510. The number of nitrogens with two attached hydrogens (primary N) is 1. The van der Waals surface area contributed by atoms with Crippen LogP contribution >= 0.6 is 24.0 Å². The van der Waals surface area contributed by atoms with Crippen LogP contribution in [0.5, 0.6) is 0 Å². The van der Waals surface area contributed by atoms with Gasteiger partial charge in [0, 0.05) is 24.7 Å². The monoisotopic (exact) mass is 326 g/mol. The lowest BCUT2D eigenvalue weighted by atomic mass is 10.3. The Hall–Kier alpha value is -0.370. The third kappa shape index (κ3) is 3.81. The van der Waals surface area contributed by atoms with Gasteiger partial charge in [0.15, 0.2) is 0 Å². The van der Waals surface area contributed by atoms with Crippen LogP contribution in [0.25, 0.3) is 0 Å². The quantitative estimate of drug-likeness (QED) is 0.903. The first-order valence-corrected chi connectivity index (χ1v) is 7.43. The number of sulfonamides is 1. The molecule has 8 heteroatoms. The number of hydrogen-bond acceptors (Lipinski definition) is 4. The minimum atomic E-state index is -3.48. The number of morpholine rings is 1. The molecule has 0 spiro atoms. The summed E-state index contributed by atoms with van der Waals surface area (Å²) in [7, 11) is -3.48. The molecule has 1 aromatic carbocycles. The molecular formula is C11H16Cl2N2O3S. The highest BCUT2D eigenvalue weighted by molar-refractivity contribution is 7.89. The Morgan fingerprint density at radius 2 is 2.00 bits per heavy atom. The fourth-order valence-electron chi connectivity index (χ4n) is 1.81. The van der Waals surface area contributed by atoms with Crippen molar-refractivity contribution in [2.24, 2.45) is 5.73 Å². The molecule has 0 aromatic heterocycles. The molecular weight excluding hydrogens is 311 g/mol. The van der Waals surface area contributed by atoms with Crippen molar-refractivity contribution in [1.82, 2.24) is 4.31 Å². The van der Waals surface area contributed by atoms with Crippen molar-refractivity contribution < 1.29 is 13.2 Å². The molecule has 1 atom stereocenters. The Morgan fingerprint density at radius 1 is 1.37 bits per heavy atom. The minimum absolute atomic E-state index is 0. The Morgan fingerprint density at radius 3 is 2.58 bits per heavy atom. The second kappa shape index (κ2) is 6.88. The van der Waals surface area contributed by atoms with Crippen LogP contribution < -0.4 is 5.73 Å². The molecule has 0 aliphatic carbocycles. The van der Waals surface area contributed by atoms with Crippen molar-refractivity contribution in [3.8, 4) is 0 Å². The molecule has 0 radical (unpaired) electrons. The number of nitrogens with zero attached hydrogens (tertiary/aromatic N) is 1. The zero-order chi connectivity index (χ0) is 13.2. The summed E-state index contributed by atoms with van der Waals surface area (Å²) in [6.07, 6.45) is -0.235. The van der Waals surface area contributed by atoms with Crippen LogP contribution in [0.15, 0.2) is 29.2 Å². The zero-order valence-corrected chi connectivity index (χ0v) is 12.5. The molecule has 1 fully saturated rings. The largest absolute Gasteiger partial charge is 0.374 e. The van der Waals surface area contributed by atoms with Gasteiger partial charge in [-0.05, 0) is 24.3 Å². The number of rotatable bonds is 3. The molecule has 2 N–H and O–H groups in total. The molecule has 1 aromatic rings. The molecule has 0 amide bonds. The molecule has 1 aliphatic heterocycles. The van der Waals surface area contributed by atoms with E-state index in [-0.39, 0.29) is 23.4 Å². The molecule has 1 unspecified atom stereocenters. The van der Waals surface area contributed by atoms with Gasteiger partial charge in [-0.15, -0.1) is 12.4 Å². The lowest BCUT2D eigenvalue weighted by Gasteiger charge is -2.31. The Balaban J connectivity index is 0.00000180. The summed E-state index contributed by atoms with van der Waals surface area (Å²) >= 11 is 5.75. The van der Waals surface area contributed by atoms with E-state index in [0.717, 1.165) is 0 Å². The zero-order valence-electron chi connectivity index (χ0n) is 10.2. The van der Waals surface area contributed by atoms with Crippen molar-refractivity contribution >= 4 is 34.0 Å². The van der Waals surface area contributed by atoms with Crippen molar-refractivity contribution in [2.45, 2.75) is 11.0 Å². The predicted molar refractivity (Wildman–Crippen MR) is 76.3 cm³/mol. The van der Waals surface area contributed by atoms with Gasteiger partial charge in [-0.25, -0.2) is 8.42 Å². The highest BCUT2D eigenvalue weighted by Crippen LogP contribution is 2.20. The van der Waals surface area contributed by atoms with Gasteiger partial charge in [-0.1, -0.05) is 11.6 Å². The Bertz CT molecular complexity index is 507. The van der Waals surface area contributed by atoms with Crippen LogP contribution in [-0.2, 0) is 14.8 Å². The SMILES string of the molecule is Cl.NCC1CN(S(=O)(=O)c2ccc(Cl)cc2)CCO1. The van der Waals surface area contributed by atoms with E-state index >= 15 is 0 Å². The molecule has 1 saturated heterocycles. The fourth-order valence-corrected chi connectivity index (χ4v) is 3.39. The van der Waals surface area contributed by atoms with E-state index in [2.05, 4.69) is 0 Å². The number of benzene rings is 1. The third-order valence-corrected chi connectivity index (χ3v) is 4.95. The van der Waals surface area contributed by atoms with Gasteiger partial charge in [-0.2, -0.15) is 4.31 Å². The summed E-state index contributed by atoms with van der Waals surface area (Å²) in [5.74, 6) is 0. The van der Waals surface area contributed by atoms with E-state index in [4.69, 9.17) is 22.1 Å². The van der Waals surface area contributed by atoms with Gasteiger partial charge < -0.3 is 10.5 Å². The van der Waals surface area contributed by atoms with Crippen LogP contribution in [-0.4, -0.2) is 45.1 Å². The van der Waals surface area contributed by atoms with Crippen LogP contribution in [0, 0.1) is 0 Å². The van der Waals surface area contributed by atoms with Gasteiger partial charge in [0.25, 0.3) is 0 Å². The maximum Gasteiger partial charge on any atom is 0.243 e. The summed E-state index contributed by atoms with van der Waals surface area (Å²) in [5.41, 5.74) is 5.50. The summed E-state index contributed by atoms with van der Waals surface area (Å²) in [6.45, 7) is 1.32. The highest BCUT2D eigenvalue weighted by atomic mass is 35.5. The molecule has 108 valence electrons. The average molecular weight is 327 g/mol. The normalized spacial score (nSPS) is 20.8. The van der Waals surface area contributed by atoms with Gasteiger partial charge in [0.05, 0.1) is 17.6 Å². The maximum absolute atomic E-state index is 12.3. The smallest absolute Gasteiger partial charge is 0.243 e. The second-order valence-corrected chi connectivity index (χ2v) is 6.42. The van der Waals surface area contributed by atoms with Gasteiger partial charge in [0.1, 0.15) is 0 Å². The summed E-state index contributed by atoms with van der Waals surface area (Å²) < 4.78 is 31.4. The minimum Gasteiger partial charge on any atom is -0.374 e. The van der Waals surface area contributed by atoms with Gasteiger partial charge in [0.2, 0.25) is 10.0 Å². The highest BCUT2D eigenvalue weighted by Gasteiger charge is 2.30.